The minimum absolute atomic E-state index is 0.218. The summed E-state index contributed by atoms with van der Waals surface area (Å²) in [6.07, 6.45) is 7.46. The molecule has 0 aromatic carbocycles. The van der Waals surface area contributed by atoms with Crippen LogP contribution in [0.4, 0.5) is 0 Å². The molecule has 6 heteroatoms. The molecule has 1 aromatic heterocycles. The van der Waals surface area contributed by atoms with Crippen molar-refractivity contribution >= 4 is 0 Å². The average Bonchev–Trinajstić information content (AvgIpc) is 3.15. The van der Waals surface area contributed by atoms with Gasteiger partial charge in [0.05, 0.1) is 11.7 Å². The van der Waals surface area contributed by atoms with E-state index in [2.05, 4.69) is 27.4 Å². The van der Waals surface area contributed by atoms with Crippen LogP contribution in [-0.4, -0.2) is 50.2 Å². The van der Waals surface area contributed by atoms with Crippen molar-refractivity contribution in [2.24, 2.45) is 5.92 Å². The Morgan fingerprint density at radius 1 is 1.26 bits per heavy atom. The quantitative estimate of drug-likeness (QED) is 0.637. The summed E-state index contributed by atoms with van der Waals surface area (Å²) in [6, 6.07) is 0. The minimum Gasteiger partial charge on any atom is -0.393 e. The third-order valence-electron chi connectivity index (χ3n) is 5.55. The molecule has 0 saturated heterocycles. The third-order valence-corrected chi connectivity index (χ3v) is 5.55. The smallest absolute Gasteiger partial charge is 0.153 e. The van der Waals surface area contributed by atoms with Crippen LogP contribution >= 0.6 is 0 Å². The lowest BCUT2D eigenvalue weighted by atomic mass is 9.85. The maximum atomic E-state index is 10.5. The molecule has 6 nitrogen and oxygen atoms in total. The predicted octanol–water partition coefficient (Wildman–Crippen LogP) is 1.51. The molecule has 2 aliphatic carbocycles. The van der Waals surface area contributed by atoms with Gasteiger partial charge in [-0.2, -0.15) is 5.10 Å². The van der Waals surface area contributed by atoms with Gasteiger partial charge in [0.2, 0.25) is 0 Å². The molecule has 3 atom stereocenters. The van der Waals surface area contributed by atoms with Gasteiger partial charge in [0, 0.05) is 25.4 Å². The Hall–Kier alpha value is -0.980. The summed E-state index contributed by atoms with van der Waals surface area (Å²) >= 11 is 0. The van der Waals surface area contributed by atoms with Crippen molar-refractivity contribution in [3.63, 3.8) is 0 Å². The van der Waals surface area contributed by atoms with Gasteiger partial charge >= 0.3 is 0 Å². The molecule has 2 fully saturated rings. The molecular weight excluding hydrogens is 292 g/mol. The van der Waals surface area contributed by atoms with Crippen LogP contribution in [0.25, 0.3) is 0 Å². The summed E-state index contributed by atoms with van der Waals surface area (Å²) < 4.78 is 0. The highest BCUT2D eigenvalue weighted by Gasteiger charge is 2.36. The van der Waals surface area contributed by atoms with Gasteiger partial charge in [0.1, 0.15) is 5.82 Å². The van der Waals surface area contributed by atoms with Crippen LogP contribution in [-0.2, 0) is 6.42 Å². The molecule has 23 heavy (non-hydrogen) atoms. The summed E-state index contributed by atoms with van der Waals surface area (Å²) in [5.74, 6) is 2.21. The summed E-state index contributed by atoms with van der Waals surface area (Å²) in [7, 11) is 0. The van der Waals surface area contributed by atoms with Crippen LogP contribution in [0.2, 0.25) is 0 Å². The van der Waals surface area contributed by atoms with Gasteiger partial charge in [0.25, 0.3) is 0 Å². The Bertz CT molecular complexity index is 499. The lowest BCUT2D eigenvalue weighted by Gasteiger charge is -2.32. The van der Waals surface area contributed by atoms with Gasteiger partial charge in [-0.1, -0.05) is 26.2 Å². The highest BCUT2D eigenvalue weighted by Crippen LogP contribution is 2.37. The Balaban J connectivity index is 1.47. The number of aromatic nitrogens is 3. The molecule has 0 aliphatic heterocycles. The molecule has 1 heterocycles. The van der Waals surface area contributed by atoms with Crippen molar-refractivity contribution in [3.05, 3.63) is 11.6 Å². The fourth-order valence-corrected chi connectivity index (χ4v) is 4.06. The summed E-state index contributed by atoms with van der Waals surface area (Å²) in [5, 5.41) is 31.5. The third kappa shape index (κ3) is 4.11. The Morgan fingerprint density at radius 2 is 2.04 bits per heavy atom. The van der Waals surface area contributed by atoms with Crippen LogP contribution in [0.1, 0.15) is 69.4 Å². The average molecular weight is 322 g/mol. The van der Waals surface area contributed by atoms with Crippen molar-refractivity contribution < 1.29 is 10.2 Å². The molecule has 0 unspecified atom stereocenters. The highest BCUT2D eigenvalue weighted by molar-refractivity contribution is 5.04. The molecule has 2 aliphatic rings. The van der Waals surface area contributed by atoms with E-state index in [0.717, 1.165) is 63.1 Å². The summed E-state index contributed by atoms with van der Waals surface area (Å²) in [4.78, 5) is 4.51. The van der Waals surface area contributed by atoms with Gasteiger partial charge in [-0.3, -0.25) is 5.10 Å². The normalized spacial score (nSPS) is 30.7. The number of H-pyrrole nitrogens is 1. The van der Waals surface area contributed by atoms with Gasteiger partial charge < -0.3 is 15.5 Å². The van der Waals surface area contributed by atoms with Crippen molar-refractivity contribution in [2.75, 3.05) is 13.1 Å². The zero-order valence-corrected chi connectivity index (χ0v) is 14.1. The highest BCUT2D eigenvalue weighted by atomic mass is 16.3. The Kier molecular flexibility index (Phi) is 5.34. The van der Waals surface area contributed by atoms with Gasteiger partial charge in [-0.05, 0) is 31.6 Å². The number of aliphatic hydroxyl groups excluding tert-OH is 1. The number of aryl methyl sites for hydroxylation is 1. The zero-order valence-electron chi connectivity index (χ0n) is 14.1. The van der Waals surface area contributed by atoms with E-state index in [9.17, 15) is 10.2 Å². The molecule has 0 bridgehead atoms. The standard InChI is InChI=1S/C17H30N4O2/c1-2-15-19-16(21-20-15)12-8-13(14(22)9-12)10-18-11-17(23)6-4-3-5-7-17/h12-14,18,22-23H,2-11H2,1H3,(H,19,20,21)/t12-,13+,14+/m0/s1. The van der Waals surface area contributed by atoms with E-state index in [1.807, 2.05) is 0 Å². The van der Waals surface area contributed by atoms with Crippen molar-refractivity contribution in [1.82, 2.24) is 20.5 Å². The van der Waals surface area contributed by atoms with Gasteiger partial charge in [-0.15, -0.1) is 0 Å². The fourth-order valence-electron chi connectivity index (χ4n) is 4.06. The second-order valence-electron chi connectivity index (χ2n) is 7.41. The van der Waals surface area contributed by atoms with Crippen molar-refractivity contribution in [2.45, 2.75) is 75.9 Å². The topological polar surface area (TPSA) is 94.1 Å². The van der Waals surface area contributed by atoms with Crippen LogP contribution in [0.15, 0.2) is 0 Å². The van der Waals surface area contributed by atoms with Crippen molar-refractivity contribution in [3.8, 4) is 0 Å². The monoisotopic (exact) mass is 322 g/mol. The van der Waals surface area contributed by atoms with E-state index >= 15 is 0 Å². The van der Waals surface area contributed by atoms with Crippen LogP contribution in [0, 0.1) is 5.92 Å². The molecule has 3 rings (SSSR count). The molecule has 4 N–H and O–H groups in total. The maximum Gasteiger partial charge on any atom is 0.153 e. The number of hydrogen-bond acceptors (Lipinski definition) is 5. The lowest BCUT2D eigenvalue weighted by Crippen LogP contribution is -2.44. The van der Waals surface area contributed by atoms with E-state index < -0.39 is 5.60 Å². The largest absolute Gasteiger partial charge is 0.393 e. The zero-order chi connectivity index (χ0) is 16.3. The summed E-state index contributed by atoms with van der Waals surface area (Å²) in [5.41, 5.74) is -0.541. The van der Waals surface area contributed by atoms with Crippen LogP contribution in [0.3, 0.4) is 0 Å². The maximum absolute atomic E-state index is 10.5. The second-order valence-corrected chi connectivity index (χ2v) is 7.41. The van der Waals surface area contributed by atoms with E-state index in [0.29, 0.717) is 6.54 Å². The number of hydrogen-bond donors (Lipinski definition) is 4. The van der Waals surface area contributed by atoms with E-state index in [-0.39, 0.29) is 17.9 Å². The van der Waals surface area contributed by atoms with Crippen molar-refractivity contribution in [1.29, 1.82) is 0 Å². The molecule has 2 saturated carbocycles. The molecule has 0 spiro atoms. The number of aliphatic hydroxyl groups is 2. The van der Waals surface area contributed by atoms with E-state index in [1.54, 1.807) is 0 Å². The Morgan fingerprint density at radius 3 is 2.74 bits per heavy atom. The molecule has 130 valence electrons. The molecule has 1 aromatic rings. The first-order chi connectivity index (χ1) is 11.1. The first kappa shape index (κ1) is 16.9. The van der Waals surface area contributed by atoms with E-state index in [4.69, 9.17) is 0 Å². The fraction of sp³-hybridized carbons (Fsp3) is 0.882. The minimum atomic E-state index is -0.541. The molecule has 0 radical (unpaired) electrons. The second kappa shape index (κ2) is 7.28. The first-order valence-electron chi connectivity index (χ1n) is 9.12. The number of aromatic amines is 1. The lowest BCUT2D eigenvalue weighted by molar-refractivity contribution is 0.00303. The van der Waals surface area contributed by atoms with Gasteiger partial charge in [0.15, 0.2) is 5.82 Å². The first-order valence-corrected chi connectivity index (χ1v) is 9.12. The molecular formula is C17H30N4O2. The molecule has 0 amide bonds. The Labute approximate surface area is 138 Å². The van der Waals surface area contributed by atoms with E-state index in [1.165, 1.54) is 6.42 Å². The van der Waals surface area contributed by atoms with Gasteiger partial charge in [-0.25, -0.2) is 4.98 Å². The predicted molar refractivity (Wildman–Crippen MR) is 88.1 cm³/mol. The van der Waals surface area contributed by atoms with Crippen LogP contribution < -0.4 is 5.32 Å². The summed E-state index contributed by atoms with van der Waals surface area (Å²) in [6.45, 7) is 3.45. The number of nitrogens with one attached hydrogen (secondary N) is 2. The van der Waals surface area contributed by atoms with Crippen LogP contribution in [0.5, 0.6) is 0 Å². The number of nitrogens with zero attached hydrogens (tertiary/aromatic N) is 2. The number of rotatable bonds is 6. The SMILES string of the molecule is CCc1nc([C@H]2C[C@H](CNCC3(O)CCCCC3)[C@H](O)C2)n[nH]1.